The molecule has 0 saturated carbocycles. The first-order valence-corrected chi connectivity index (χ1v) is 46.4. The molecular formula is C114H92Au4P4+4. The molecule has 20 rings (SSSR count). The summed E-state index contributed by atoms with van der Waals surface area (Å²) in [5, 5.41) is 11.9. The fraction of sp³-hybridized carbons (Fsp3) is 0.0877. The second-order valence-electron chi connectivity index (χ2n) is 30.9. The number of hydrogen-bond donors (Lipinski definition) is 0. The van der Waals surface area contributed by atoms with E-state index >= 15 is 0 Å². The third-order valence-corrected chi connectivity index (χ3v) is 38.1. The van der Waals surface area contributed by atoms with E-state index in [4.69, 9.17) is 25.7 Å². The van der Waals surface area contributed by atoms with Gasteiger partial charge in [0.25, 0.3) is 0 Å². The zero-order valence-corrected chi connectivity index (χ0v) is 81.0. The van der Waals surface area contributed by atoms with Crippen LogP contribution in [0.25, 0.3) is 44.5 Å². The Morgan fingerprint density at radius 3 is 0.721 bits per heavy atom. The third-order valence-electron chi connectivity index (χ3n) is 22.8. The van der Waals surface area contributed by atoms with Crippen LogP contribution in [0.15, 0.2) is 413 Å². The largest absolute Gasteiger partial charge is 1.00 e. The molecule has 0 aliphatic heterocycles. The van der Waals surface area contributed by atoms with Crippen LogP contribution in [0, 0.1) is 49.4 Å². The predicted molar refractivity (Wildman–Crippen MR) is 514 cm³/mol. The Bertz CT molecular complexity index is 5700. The van der Waals surface area contributed by atoms with Crippen molar-refractivity contribution in [2.45, 2.75) is 63.2 Å². The van der Waals surface area contributed by atoms with Gasteiger partial charge in [0.05, 0.1) is 0 Å². The van der Waals surface area contributed by atoms with Crippen molar-refractivity contribution >= 4 is 74.1 Å². The summed E-state index contributed by atoms with van der Waals surface area (Å²) in [5.74, 6) is 9.91. The molecule has 0 unspecified atom stereocenters. The van der Waals surface area contributed by atoms with Crippen LogP contribution in [0.3, 0.4) is 0 Å². The van der Waals surface area contributed by atoms with Crippen LogP contribution in [-0.4, -0.2) is 9.79 Å². The summed E-state index contributed by atoms with van der Waals surface area (Å²) in [6, 6.07) is 148. The first-order valence-electron chi connectivity index (χ1n) is 40.4. The van der Waals surface area contributed by atoms with Crippen LogP contribution in [0.4, 0.5) is 0 Å². The van der Waals surface area contributed by atoms with E-state index in [1.54, 1.807) is 0 Å². The maximum Gasteiger partial charge on any atom is 1.00 e. The van der Waals surface area contributed by atoms with Gasteiger partial charge >= 0.3 is 89.5 Å². The van der Waals surface area contributed by atoms with E-state index in [0.717, 1.165) is 47.9 Å². The van der Waals surface area contributed by atoms with Gasteiger partial charge in [0.2, 0.25) is 0 Å². The van der Waals surface area contributed by atoms with Gasteiger partial charge in [-0.05, 0) is 184 Å². The Morgan fingerprint density at radius 2 is 0.418 bits per heavy atom. The monoisotopic (exact) mass is 2370 g/mol. The summed E-state index contributed by atoms with van der Waals surface area (Å²) in [6.45, 7) is 10.0. The minimum Gasteiger partial charge on any atom is -0.366 e. The molecule has 16 aromatic rings. The van der Waals surface area contributed by atoms with Crippen molar-refractivity contribution in [1.82, 2.24) is 0 Å². The van der Waals surface area contributed by atoms with Crippen LogP contribution in [0.5, 0.6) is 0 Å². The summed E-state index contributed by atoms with van der Waals surface area (Å²) >= 11 is 0. The molecule has 8 heteroatoms. The minimum atomic E-state index is -1.02. The summed E-state index contributed by atoms with van der Waals surface area (Å²) in [7, 11) is -4.09. The summed E-state index contributed by atoms with van der Waals surface area (Å²) < 4.78 is 0. The molecular weight excluding hydrogens is 2280 g/mol. The van der Waals surface area contributed by atoms with E-state index in [1.165, 1.54) is 131 Å². The van der Waals surface area contributed by atoms with Gasteiger partial charge in [0.15, 0.2) is 9.79 Å². The Labute approximate surface area is 791 Å². The quantitative estimate of drug-likeness (QED) is 0.0495. The van der Waals surface area contributed by atoms with Gasteiger partial charge < -0.3 is 25.7 Å². The van der Waals surface area contributed by atoms with Crippen molar-refractivity contribution in [1.29, 1.82) is 0 Å². The van der Waals surface area contributed by atoms with Gasteiger partial charge in [0.1, 0.15) is 74.1 Å². The predicted octanol–water partition coefficient (Wildman–Crippen LogP) is 23.7. The van der Waals surface area contributed by atoms with Crippen molar-refractivity contribution < 1.29 is 89.5 Å². The van der Waals surface area contributed by atoms with E-state index in [-0.39, 0.29) is 99.3 Å². The second-order valence-corrected chi connectivity index (χ2v) is 44.6. The van der Waals surface area contributed by atoms with Gasteiger partial charge in [-0.3, -0.25) is 23.7 Å². The standard InChI is InChI=1S/2C27H26P2.4C15H9.4Au/c2*1-27(2,28(23-15-7-3-8-16-23)24-17-9-4-10-18-24)29(25-19-11-5-12-20-25)26-21-13-6-14-22-26;2*1-2-11-7-5-8-13-10-12-6-3-4-9-14(12)15(11)13;1-2-11-7-8-15-13(9-11)10-12-5-3-4-6-14(12)15;1-2-11-7-8-13-10-12-5-3-4-6-14(12)15(13)9-11;;;;/h2*3-22H,1-2H3;4*3-9H,10H2;;;;/q;;4*-1;4*+1/p+4. The molecule has 608 valence electrons. The maximum atomic E-state index is 7.30. The van der Waals surface area contributed by atoms with Crippen LogP contribution in [0.1, 0.15) is 94.5 Å². The second kappa shape index (κ2) is 44.7. The first-order chi connectivity index (χ1) is 57.9. The number of fused-ring (bicyclic) bond motifs is 12. The van der Waals surface area contributed by atoms with E-state index in [9.17, 15) is 0 Å². The fourth-order valence-electron chi connectivity index (χ4n) is 17.7. The molecule has 0 heterocycles. The molecule has 0 bridgehead atoms. The van der Waals surface area contributed by atoms with Crippen LogP contribution >= 0.6 is 31.7 Å². The molecule has 122 heavy (non-hydrogen) atoms. The molecule has 0 spiro atoms. The van der Waals surface area contributed by atoms with Crippen molar-refractivity contribution in [2.75, 3.05) is 0 Å². The zero-order valence-electron chi connectivity index (χ0n) is 68.3. The van der Waals surface area contributed by atoms with Gasteiger partial charge in [-0.15, -0.1) is 58.7 Å². The summed E-state index contributed by atoms with van der Waals surface area (Å²) in [6.07, 6.45) is 32.8. The Balaban J connectivity index is 0.000000146. The molecule has 4 aliphatic rings. The molecule has 0 fully saturated rings. The van der Waals surface area contributed by atoms with E-state index in [0.29, 0.717) is 0 Å². The van der Waals surface area contributed by atoms with Gasteiger partial charge in [-0.25, -0.2) is 0 Å². The topological polar surface area (TPSA) is 0 Å². The fourth-order valence-corrected chi connectivity index (χ4v) is 34.4. The smallest absolute Gasteiger partial charge is 0.366 e. The Kier molecular flexibility index (Phi) is 34.1. The maximum absolute atomic E-state index is 7.30. The van der Waals surface area contributed by atoms with E-state index in [1.807, 2.05) is 42.5 Å². The molecule has 16 aromatic carbocycles. The van der Waals surface area contributed by atoms with Crippen LogP contribution < -0.4 is 42.4 Å². The molecule has 0 N–H and O–H groups in total. The van der Waals surface area contributed by atoms with Crippen molar-refractivity contribution in [3.05, 3.63) is 505 Å². The SMILES string of the molecule is CC(C)([PH+](c1ccccc1)c1ccccc1)[PH+](c1ccccc1)c1ccccc1.CC(C)([PH+](c1ccccc1)c1ccccc1)[PH+](c1ccccc1)c1ccccc1.[Au+].[Au+].[Au+].[Au+].[C-]#Cc1ccc2c(c1)-c1ccccc1C2.[C-]#Cc1ccc2c(c1)Cc1ccccc1-2.[C-]#Cc1cccc2c1-c1ccccc1C2.[C-]#Cc1cccc2c1-c1ccccc1C2. The molecule has 0 saturated heterocycles. The Morgan fingerprint density at radius 1 is 0.197 bits per heavy atom. The minimum absolute atomic E-state index is 0. The molecule has 0 aromatic heterocycles. The van der Waals surface area contributed by atoms with E-state index < -0.39 is 31.7 Å². The average Bonchev–Trinajstić information content (AvgIpc) is 1.60. The number of benzene rings is 16. The average molecular weight is 2370 g/mol. The van der Waals surface area contributed by atoms with Gasteiger partial charge in [-0.2, -0.15) is 0 Å². The van der Waals surface area contributed by atoms with Crippen molar-refractivity contribution in [3.8, 4) is 68.2 Å². The molecule has 0 atom stereocenters. The van der Waals surface area contributed by atoms with Gasteiger partial charge in [0, 0.05) is 27.7 Å². The zero-order chi connectivity index (χ0) is 81.2. The molecule has 4 aliphatic carbocycles. The summed E-state index contributed by atoms with van der Waals surface area (Å²) in [4.78, 5) is 0.307. The number of rotatable bonds is 12. The van der Waals surface area contributed by atoms with Crippen molar-refractivity contribution in [2.24, 2.45) is 0 Å². The van der Waals surface area contributed by atoms with Crippen molar-refractivity contribution in [3.63, 3.8) is 0 Å². The Hall–Kier alpha value is -9.56. The molecule has 0 amide bonds. The summed E-state index contributed by atoms with van der Waals surface area (Å²) in [5.41, 5.74) is 24.4. The van der Waals surface area contributed by atoms with Gasteiger partial charge in [-0.1, -0.05) is 307 Å². The first kappa shape index (κ1) is 93.1. The van der Waals surface area contributed by atoms with Crippen LogP contribution in [0.2, 0.25) is 0 Å². The van der Waals surface area contributed by atoms with E-state index in [2.05, 4.69) is 421 Å². The number of hydrogen-bond acceptors (Lipinski definition) is 0. The third kappa shape index (κ3) is 21.4. The molecule has 0 nitrogen and oxygen atoms in total. The molecule has 0 radical (unpaired) electrons. The normalized spacial score (nSPS) is 11.3. The van der Waals surface area contributed by atoms with Crippen LogP contribution in [-0.2, 0) is 115 Å².